The molecule has 23 heavy (non-hydrogen) atoms. The van der Waals surface area contributed by atoms with Crippen molar-refractivity contribution in [3.8, 4) is 5.75 Å². The van der Waals surface area contributed by atoms with Crippen LogP contribution in [0.1, 0.15) is 18.5 Å². The second-order valence-electron chi connectivity index (χ2n) is 5.94. The van der Waals surface area contributed by atoms with Crippen molar-refractivity contribution >= 4 is 5.65 Å². The van der Waals surface area contributed by atoms with Gasteiger partial charge in [-0.05, 0) is 31.5 Å². The number of nitrogens with zero attached hydrogens (tertiary/aromatic N) is 4. The molecule has 0 bridgehead atoms. The summed E-state index contributed by atoms with van der Waals surface area (Å²) in [6, 6.07) is 10.5. The number of ether oxygens (including phenoxy) is 1. The number of fused-ring (bicyclic) bond motifs is 1. The lowest BCUT2D eigenvalue weighted by Gasteiger charge is -2.24. The van der Waals surface area contributed by atoms with Gasteiger partial charge in [0, 0.05) is 25.0 Å². The number of likely N-dealkylation sites (tertiary alicyclic amines) is 1. The number of aromatic nitrogens is 3. The normalized spacial score (nSPS) is 18.5. The molecule has 2 aromatic heterocycles. The van der Waals surface area contributed by atoms with Gasteiger partial charge in [0.2, 0.25) is 0 Å². The summed E-state index contributed by atoms with van der Waals surface area (Å²) in [4.78, 5) is 11.0. The molecule has 3 aromatic rings. The zero-order chi connectivity index (χ0) is 15.5. The van der Waals surface area contributed by atoms with Crippen molar-refractivity contribution in [3.63, 3.8) is 0 Å². The first-order valence-electron chi connectivity index (χ1n) is 8.08. The van der Waals surface area contributed by atoms with Crippen LogP contribution in [-0.4, -0.2) is 38.5 Å². The van der Waals surface area contributed by atoms with E-state index in [0.29, 0.717) is 6.04 Å². The Kier molecular flexibility index (Phi) is 3.94. The summed E-state index contributed by atoms with van der Waals surface area (Å²) in [6.07, 6.45) is 9.93. The molecule has 118 valence electrons. The minimum absolute atomic E-state index is 0.461. The van der Waals surface area contributed by atoms with Crippen LogP contribution in [0.4, 0.5) is 0 Å². The van der Waals surface area contributed by atoms with Crippen molar-refractivity contribution in [1.82, 2.24) is 19.3 Å². The van der Waals surface area contributed by atoms with E-state index in [0.717, 1.165) is 31.1 Å². The Morgan fingerprint density at radius 2 is 2.09 bits per heavy atom. The minimum Gasteiger partial charge on any atom is -0.492 e. The maximum absolute atomic E-state index is 5.95. The molecule has 3 heterocycles. The number of hydrogen-bond acceptors (Lipinski definition) is 4. The van der Waals surface area contributed by atoms with Crippen LogP contribution in [-0.2, 0) is 6.54 Å². The minimum atomic E-state index is 0.461. The second kappa shape index (κ2) is 6.38. The fraction of sp³-hybridized carbons (Fsp3) is 0.333. The molecule has 4 rings (SSSR count). The van der Waals surface area contributed by atoms with Crippen LogP contribution in [0.25, 0.3) is 5.65 Å². The lowest BCUT2D eigenvalue weighted by Crippen LogP contribution is -2.34. The van der Waals surface area contributed by atoms with Crippen molar-refractivity contribution in [1.29, 1.82) is 0 Å². The molecule has 0 radical (unpaired) electrons. The monoisotopic (exact) mass is 308 g/mol. The molecular weight excluding hydrogens is 288 g/mol. The van der Waals surface area contributed by atoms with E-state index in [1.165, 1.54) is 18.5 Å². The molecule has 1 aromatic carbocycles. The molecule has 1 saturated heterocycles. The topological polar surface area (TPSA) is 42.7 Å². The SMILES string of the molecule is c1ccc(OCC2CCCN2Cc2cnc3cnccn23)cc1. The van der Waals surface area contributed by atoms with E-state index in [2.05, 4.69) is 19.3 Å². The summed E-state index contributed by atoms with van der Waals surface area (Å²) < 4.78 is 8.06. The fourth-order valence-electron chi connectivity index (χ4n) is 3.22. The van der Waals surface area contributed by atoms with Gasteiger partial charge in [-0.3, -0.25) is 14.3 Å². The first-order valence-corrected chi connectivity index (χ1v) is 8.08. The van der Waals surface area contributed by atoms with Gasteiger partial charge in [-0.1, -0.05) is 18.2 Å². The number of benzene rings is 1. The molecule has 0 spiro atoms. The number of rotatable bonds is 5. The molecule has 0 N–H and O–H groups in total. The van der Waals surface area contributed by atoms with Gasteiger partial charge in [-0.15, -0.1) is 0 Å². The van der Waals surface area contributed by atoms with Crippen LogP contribution in [0, 0.1) is 0 Å². The van der Waals surface area contributed by atoms with Gasteiger partial charge in [0.25, 0.3) is 0 Å². The van der Waals surface area contributed by atoms with Crippen molar-refractivity contribution in [2.75, 3.05) is 13.2 Å². The van der Waals surface area contributed by atoms with Crippen LogP contribution in [0.2, 0.25) is 0 Å². The van der Waals surface area contributed by atoms with Crippen LogP contribution < -0.4 is 4.74 Å². The quantitative estimate of drug-likeness (QED) is 0.727. The highest BCUT2D eigenvalue weighted by molar-refractivity contribution is 5.36. The molecule has 1 atom stereocenters. The number of hydrogen-bond donors (Lipinski definition) is 0. The third kappa shape index (κ3) is 3.05. The zero-order valence-corrected chi connectivity index (χ0v) is 13.0. The van der Waals surface area contributed by atoms with Crippen molar-refractivity contribution in [2.24, 2.45) is 0 Å². The predicted molar refractivity (Wildman–Crippen MR) is 88.4 cm³/mol. The molecule has 0 amide bonds. The second-order valence-corrected chi connectivity index (χ2v) is 5.94. The standard InChI is InChI=1S/C18H20N4O/c1-2-6-17(7-3-1)23-14-15-5-4-9-21(15)13-16-11-20-18-12-19-8-10-22(16)18/h1-3,6-8,10-12,15H,4-5,9,13-14H2. The third-order valence-corrected chi connectivity index (χ3v) is 4.44. The number of imidazole rings is 1. The molecular formula is C18H20N4O. The lowest BCUT2D eigenvalue weighted by atomic mass is 10.2. The Balaban J connectivity index is 1.43. The van der Waals surface area contributed by atoms with Crippen LogP contribution in [0.15, 0.2) is 55.1 Å². The van der Waals surface area contributed by atoms with E-state index in [-0.39, 0.29) is 0 Å². The van der Waals surface area contributed by atoms with Crippen molar-refractivity contribution < 1.29 is 4.74 Å². The van der Waals surface area contributed by atoms with Crippen LogP contribution >= 0.6 is 0 Å². The smallest absolute Gasteiger partial charge is 0.155 e. The maximum Gasteiger partial charge on any atom is 0.155 e. The first kappa shape index (κ1) is 14.2. The Morgan fingerprint density at radius 3 is 3.00 bits per heavy atom. The predicted octanol–water partition coefficient (Wildman–Crippen LogP) is 2.77. The third-order valence-electron chi connectivity index (χ3n) is 4.44. The Labute approximate surface area is 135 Å². The van der Waals surface area contributed by atoms with E-state index in [1.54, 1.807) is 12.4 Å². The van der Waals surface area contributed by atoms with Crippen molar-refractivity contribution in [2.45, 2.75) is 25.4 Å². The van der Waals surface area contributed by atoms with Gasteiger partial charge in [0.05, 0.1) is 18.1 Å². The summed E-state index contributed by atoms with van der Waals surface area (Å²) in [5.74, 6) is 0.945. The van der Waals surface area contributed by atoms with Crippen LogP contribution in [0.3, 0.4) is 0 Å². The molecule has 1 fully saturated rings. The molecule has 5 heteroatoms. The highest BCUT2D eigenvalue weighted by atomic mass is 16.5. The zero-order valence-electron chi connectivity index (χ0n) is 13.0. The van der Waals surface area contributed by atoms with Crippen LogP contribution in [0.5, 0.6) is 5.75 Å². The maximum atomic E-state index is 5.95. The summed E-state index contributed by atoms with van der Waals surface area (Å²) in [5, 5.41) is 0. The van der Waals surface area contributed by atoms with Gasteiger partial charge in [-0.2, -0.15) is 0 Å². The fourth-order valence-corrected chi connectivity index (χ4v) is 3.22. The summed E-state index contributed by atoms with van der Waals surface area (Å²) >= 11 is 0. The molecule has 1 aliphatic heterocycles. The summed E-state index contributed by atoms with van der Waals surface area (Å²) in [5.41, 5.74) is 2.10. The average Bonchev–Trinajstić information content (AvgIpc) is 3.22. The number of para-hydroxylation sites is 1. The summed E-state index contributed by atoms with van der Waals surface area (Å²) in [7, 11) is 0. The highest BCUT2D eigenvalue weighted by Crippen LogP contribution is 2.21. The van der Waals surface area contributed by atoms with Crippen molar-refractivity contribution in [3.05, 3.63) is 60.8 Å². The van der Waals surface area contributed by atoms with Gasteiger partial charge >= 0.3 is 0 Å². The van der Waals surface area contributed by atoms with E-state index >= 15 is 0 Å². The van der Waals surface area contributed by atoms with Gasteiger partial charge in [0.15, 0.2) is 5.65 Å². The highest BCUT2D eigenvalue weighted by Gasteiger charge is 2.26. The van der Waals surface area contributed by atoms with E-state index in [9.17, 15) is 0 Å². The van der Waals surface area contributed by atoms with E-state index < -0.39 is 0 Å². The largest absolute Gasteiger partial charge is 0.492 e. The first-order chi connectivity index (χ1) is 11.4. The van der Waals surface area contributed by atoms with E-state index in [1.807, 2.05) is 42.7 Å². The van der Waals surface area contributed by atoms with Gasteiger partial charge < -0.3 is 4.74 Å². The van der Waals surface area contributed by atoms with Gasteiger partial charge in [-0.25, -0.2) is 4.98 Å². The Bertz CT molecular complexity index is 771. The molecule has 0 saturated carbocycles. The molecule has 0 aliphatic carbocycles. The molecule has 5 nitrogen and oxygen atoms in total. The average molecular weight is 308 g/mol. The molecule has 1 unspecified atom stereocenters. The molecule has 1 aliphatic rings. The van der Waals surface area contributed by atoms with Gasteiger partial charge in [0.1, 0.15) is 12.4 Å². The lowest BCUT2D eigenvalue weighted by molar-refractivity contribution is 0.165. The summed E-state index contributed by atoms with van der Waals surface area (Å²) in [6.45, 7) is 2.75. The van der Waals surface area contributed by atoms with E-state index in [4.69, 9.17) is 4.74 Å². The Hall–Kier alpha value is -2.40. The Morgan fingerprint density at radius 1 is 1.17 bits per heavy atom.